The smallest absolute Gasteiger partial charge is 0.0449 e. The highest BCUT2D eigenvalue weighted by Gasteiger charge is 2.35. The zero-order valence-corrected chi connectivity index (χ0v) is 11.3. The lowest BCUT2D eigenvalue weighted by molar-refractivity contribution is 0.569. The molecule has 0 unspecified atom stereocenters. The van der Waals surface area contributed by atoms with Gasteiger partial charge in [-0.15, -0.1) is 0 Å². The molecule has 0 aliphatic carbocycles. The fourth-order valence-corrected chi connectivity index (χ4v) is 2.80. The number of para-hydroxylation sites is 1. The molecule has 0 saturated heterocycles. The van der Waals surface area contributed by atoms with E-state index in [9.17, 15) is 0 Å². The Labute approximate surface area is 109 Å². The Morgan fingerprint density at radius 2 is 1.61 bits per heavy atom. The van der Waals surface area contributed by atoms with Crippen molar-refractivity contribution in [1.29, 1.82) is 0 Å². The molecule has 0 spiro atoms. The number of nitrogens with zero attached hydrogens (tertiary/aromatic N) is 1. The van der Waals surface area contributed by atoms with E-state index in [1.807, 2.05) is 0 Å². The van der Waals surface area contributed by atoms with Crippen LogP contribution in [0, 0.1) is 6.92 Å². The summed E-state index contributed by atoms with van der Waals surface area (Å²) in [6.45, 7) is 7.82. The van der Waals surface area contributed by atoms with Crippen molar-refractivity contribution in [2.24, 2.45) is 0 Å². The second-order valence-corrected chi connectivity index (χ2v) is 5.82. The summed E-state index contributed by atoms with van der Waals surface area (Å²) in [5.41, 5.74) is 5.63. The fraction of sp³-hybridized carbons (Fsp3) is 0.294. The van der Waals surface area contributed by atoms with Crippen LogP contribution >= 0.6 is 0 Å². The first-order chi connectivity index (χ1) is 8.58. The van der Waals surface area contributed by atoms with Crippen molar-refractivity contribution in [2.45, 2.75) is 26.2 Å². The second kappa shape index (κ2) is 3.88. The van der Waals surface area contributed by atoms with Crippen LogP contribution in [0.2, 0.25) is 0 Å². The molecule has 0 radical (unpaired) electrons. The molecule has 1 aliphatic rings. The highest BCUT2D eigenvalue weighted by molar-refractivity contribution is 5.72. The molecule has 2 aromatic rings. The molecule has 0 fully saturated rings. The van der Waals surface area contributed by atoms with Crippen LogP contribution in [-0.4, -0.2) is 6.54 Å². The average Bonchev–Trinajstić information content (AvgIpc) is 2.63. The average molecular weight is 237 g/mol. The molecule has 1 nitrogen and oxygen atoms in total. The Morgan fingerprint density at radius 3 is 2.33 bits per heavy atom. The molecule has 1 aliphatic heterocycles. The Morgan fingerprint density at radius 1 is 0.944 bits per heavy atom. The molecule has 0 aromatic heterocycles. The highest BCUT2D eigenvalue weighted by atomic mass is 15.2. The van der Waals surface area contributed by atoms with Crippen molar-refractivity contribution in [3.63, 3.8) is 0 Å². The van der Waals surface area contributed by atoms with E-state index in [0.29, 0.717) is 0 Å². The van der Waals surface area contributed by atoms with Crippen molar-refractivity contribution in [2.75, 3.05) is 11.4 Å². The van der Waals surface area contributed by atoms with Gasteiger partial charge in [0.05, 0.1) is 0 Å². The van der Waals surface area contributed by atoms with Gasteiger partial charge in [0.1, 0.15) is 0 Å². The van der Waals surface area contributed by atoms with Crippen LogP contribution in [0.1, 0.15) is 25.0 Å². The van der Waals surface area contributed by atoms with E-state index in [1.165, 1.54) is 22.5 Å². The molecule has 92 valence electrons. The molecular weight excluding hydrogens is 218 g/mol. The molecular formula is C17H19N. The largest absolute Gasteiger partial charge is 0.340 e. The molecule has 0 N–H and O–H groups in total. The fourth-order valence-electron chi connectivity index (χ4n) is 2.80. The summed E-state index contributed by atoms with van der Waals surface area (Å²) < 4.78 is 0. The van der Waals surface area contributed by atoms with E-state index >= 15 is 0 Å². The minimum atomic E-state index is 0.224. The van der Waals surface area contributed by atoms with Crippen molar-refractivity contribution in [3.05, 3.63) is 59.7 Å². The maximum absolute atomic E-state index is 2.43. The number of aryl methyl sites for hydroxylation is 1. The van der Waals surface area contributed by atoms with E-state index in [0.717, 1.165) is 6.54 Å². The molecule has 1 heteroatoms. The predicted molar refractivity (Wildman–Crippen MR) is 77.7 cm³/mol. The van der Waals surface area contributed by atoms with E-state index in [2.05, 4.69) is 74.2 Å². The van der Waals surface area contributed by atoms with Crippen LogP contribution in [0.15, 0.2) is 48.5 Å². The Kier molecular flexibility index (Phi) is 2.44. The lowest BCUT2D eigenvalue weighted by atomic mass is 9.87. The normalized spacial score (nSPS) is 16.7. The molecule has 18 heavy (non-hydrogen) atoms. The number of anilines is 2. The van der Waals surface area contributed by atoms with Crippen LogP contribution in [0.4, 0.5) is 11.4 Å². The van der Waals surface area contributed by atoms with Gasteiger partial charge >= 0.3 is 0 Å². The molecule has 0 atom stereocenters. The Hall–Kier alpha value is -1.76. The van der Waals surface area contributed by atoms with Crippen LogP contribution in [0.5, 0.6) is 0 Å². The second-order valence-electron chi connectivity index (χ2n) is 5.82. The summed E-state index contributed by atoms with van der Waals surface area (Å²) in [6, 6.07) is 17.5. The van der Waals surface area contributed by atoms with Gasteiger partial charge in [-0.2, -0.15) is 0 Å². The first-order valence-corrected chi connectivity index (χ1v) is 6.52. The van der Waals surface area contributed by atoms with Gasteiger partial charge in [0.2, 0.25) is 0 Å². The molecule has 0 amide bonds. The van der Waals surface area contributed by atoms with Gasteiger partial charge in [0, 0.05) is 23.3 Å². The van der Waals surface area contributed by atoms with Gasteiger partial charge in [-0.1, -0.05) is 49.7 Å². The number of fused-ring (bicyclic) bond motifs is 1. The van der Waals surface area contributed by atoms with Crippen molar-refractivity contribution >= 4 is 11.4 Å². The first-order valence-electron chi connectivity index (χ1n) is 6.52. The summed E-state index contributed by atoms with van der Waals surface area (Å²) in [5, 5.41) is 0. The standard InChI is InChI=1S/C17H19N/c1-13-8-10-14(11-9-13)18-12-17(2,3)15-6-4-5-7-16(15)18/h4-11H,12H2,1-3H3. The summed E-state index contributed by atoms with van der Waals surface area (Å²) in [4.78, 5) is 2.43. The topological polar surface area (TPSA) is 3.24 Å². The molecule has 0 saturated carbocycles. The quantitative estimate of drug-likeness (QED) is 0.709. The molecule has 3 rings (SSSR count). The van der Waals surface area contributed by atoms with Crippen LogP contribution in [-0.2, 0) is 5.41 Å². The maximum Gasteiger partial charge on any atom is 0.0449 e. The monoisotopic (exact) mass is 237 g/mol. The van der Waals surface area contributed by atoms with Gasteiger partial charge in [-0.05, 0) is 30.7 Å². The van der Waals surface area contributed by atoms with Crippen molar-refractivity contribution < 1.29 is 0 Å². The van der Waals surface area contributed by atoms with Crippen LogP contribution in [0.25, 0.3) is 0 Å². The van der Waals surface area contributed by atoms with Gasteiger partial charge in [0.25, 0.3) is 0 Å². The van der Waals surface area contributed by atoms with Crippen LogP contribution < -0.4 is 4.90 Å². The third-order valence-electron chi connectivity index (χ3n) is 3.82. The molecule has 0 bridgehead atoms. The molecule has 1 heterocycles. The molecule has 2 aromatic carbocycles. The Balaban J connectivity index is 2.08. The van der Waals surface area contributed by atoms with Gasteiger partial charge < -0.3 is 4.90 Å². The predicted octanol–water partition coefficient (Wildman–Crippen LogP) is 4.42. The Bertz CT molecular complexity index is 566. The number of hydrogen-bond acceptors (Lipinski definition) is 1. The highest BCUT2D eigenvalue weighted by Crippen LogP contribution is 2.43. The van der Waals surface area contributed by atoms with E-state index in [4.69, 9.17) is 0 Å². The minimum absolute atomic E-state index is 0.224. The van der Waals surface area contributed by atoms with Gasteiger partial charge in [-0.25, -0.2) is 0 Å². The zero-order chi connectivity index (χ0) is 12.8. The lowest BCUT2D eigenvalue weighted by Gasteiger charge is -2.22. The van der Waals surface area contributed by atoms with Crippen molar-refractivity contribution in [1.82, 2.24) is 0 Å². The summed E-state index contributed by atoms with van der Waals surface area (Å²) >= 11 is 0. The zero-order valence-electron chi connectivity index (χ0n) is 11.3. The van der Waals surface area contributed by atoms with Crippen molar-refractivity contribution in [3.8, 4) is 0 Å². The van der Waals surface area contributed by atoms with Gasteiger partial charge in [0.15, 0.2) is 0 Å². The van der Waals surface area contributed by atoms with E-state index < -0.39 is 0 Å². The first kappa shape index (κ1) is 11.3. The summed E-state index contributed by atoms with van der Waals surface area (Å²) in [7, 11) is 0. The van der Waals surface area contributed by atoms with E-state index in [1.54, 1.807) is 0 Å². The lowest BCUT2D eigenvalue weighted by Crippen LogP contribution is -2.24. The van der Waals surface area contributed by atoms with Crippen LogP contribution in [0.3, 0.4) is 0 Å². The SMILES string of the molecule is Cc1ccc(N2CC(C)(C)c3ccccc32)cc1. The summed E-state index contributed by atoms with van der Waals surface area (Å²) in [5.74, 6) is 0. The minimum Gasteiger partial charge on any atom is -0.340 e. The number of hydrogen-bond donors (Lipinski definition) is 0. The number of benzene rings is 2. The number of rotatable bonds is 1. The maximum atomic E-state index is 2.43. The third kappa shape index (κ3) is 1.71. The summed E-state index contributed by atoms with van der Waals surface area (Å²) in [6.07, 6.45) is 0. The van der Waals surface area contributed by atoms with E-state index in [-0.39, 0.29) is 5.41 Å². The third-order valence-corrected chi connectivity index (χ3v) is 3.82. The van der Waals surface area contributed by atoms with Gasteiger partial charge in [-0.3, -0.25) is 0 Å².